The average molecular weight is 329 g/mol. The number of rotatable bonds is 3. The molecule has 2 aromatic rings. The summed E-state index contributed by atoms with van der Waals surface area (Å²) in [6.07, 6.45) is 2.90. The Labute approximate surface area is 138 Å². The highest BCUT2D eigenvalue weighted by atomic mass is 32.1. The molecule has 1 unspecified atom stereocenters. The number of carbonyl (C=O) groups excluding carboxylic acids is 1. The van der Waals surface area contributed by atoms with Gasteiger partial charge in [0.2, 0.25) is 5.91 Å². The van der Waals surface area contributed by atoms with Gasteiger partial charge < -0.3 is 10.0 Å². The number of thiophene rings is 1. The molecule has 0 radical (unpaired) electrons. The normalized spacial score (nSPS) is 22.4. The van der Waals surface area contributed by atoms with Crippen LogP contribution in [0.4, 0.5) is 0 Å². The topological polar surface area (TPSA) is 57.6 Å². The number of fused-ring (bicyclic) bond motifs is 1. The van der Waals surface area contributed by atoms with Crippen molar-refractivity contribution in [1.29, 1.82) is 0 Å². The van der Waals surface area contributed by atoms with Crippen molar-refractivity contribution < 1.29 is 14.7 Å². The summed E-state index contributed by atoms with van der Waals surface area (Å²) in [5.74, 6) is -0.689. The van der Waals surface area contributed by atoms with Crippen LogP contribution in [-0.2, 0) is 16.0 Å². The summed E-state index contributed by atoms with van der Waals surface area (Å²) in [5, 5.41) is 12.4. The van der Waals surface area contributed by atoms with Crippen LogP contribution in [0.1, 0.15) is 24.8 Å². The molecular formula is C18H19NO3S. The van der Waals surface area contributed by atoms with Crippen molar-refractivity contribution in [3.8, 4) is 0 Å². The van der Waals surface area contributed by atoms with E-state index in [2.05, 4.69) is 17.5 Å². The van der Waals surface area contributed by atoms with E-state index in [-0.39, 0.29) is 17.2 Å². The first-order chi connectivity index (χ1) is 11.1. The van der Waals surface area contributed by atoms with E-state index in [1.54, 1.807) is 11.3 Å². The number of hydrogen-bond acceptors (Lipinski definition) is 3. The van der Waals surface area contributed by atoms with Crippen molar-refractivity contribution in [2.24, 2.45) is 11.3 Å². The summed E-state index contributed by atoms with van der Waals surface area (Å²) in [4.78, 5) is 25.6. The first-order valence-corrected chi connectivity index (χ1v) is 8.93. The molecule has 1 saturated heterocycles. The molecule has 1 N–H and O–H groups in total. The zero-order valence-electron chi connectivity index (χ0n) is 12.8. The maximum Gasteiger partial charge on any atom is 0.307 e. The number of benzene rings is 1. The lowest BCUT2D eigenvalue weighted by Crippen LogP contribution is -2.40. The molecule has 5 heteroatoms. The SMILES string of the molecule is O=C(O)C1CC12CCN(C(=O)Cc1csc3ccccc13)CC2. The van der Waals surface area contributed by atoms with Crippen molar-refractivity contribution in [2.75, 3.05) is 13.1 Å². The van der Waals surface area contributed by atoms with Crippen molar-refractivity contribution in [3.63, 3.8) is 0 Å². The van der Waals surface area contributed by atoms with Crippen LogP contribution in [0.5, 0.6) is 0 Å². The van der Waals surface area contributed by atoms with E-state index in [1.165, 1.54) is 10.1 Å². The van der Waals surface area contributed by atoms with E-state index in [0.29, 0.717) is 19.5 Å². The Morgan fingerprint density at radius 3 is 2.70 bits per heavy atom. The molecule has 4 rings (SSSR count). The van der Waals surface area contributed by atoms with Gasteiger partial charge in [-0.3, -0.25) is 9.59 Å². The first kappa shape index (κ1) is 14.7. The minimum Gasteiger partial charge on any atom is -0.481 e. The Morgan fingerprint density at radius 2 is 2.00 bits per heavy atom. The van der Waals surface area contributed by atoms with Crippen molar-refractivity contribution in [2.45, 2.75) is 25.7 Å². The number of likely N-dealkylation sites (tertiary alicyclic amines) is 1. The van der Waals surface area contributed by atoms with Crippen molar-refractivity contribution >= 4 is 33.3 Å². The maximum absolute atomic E-state index is 12.6. The smallest absolute Gasteiger partial charge is 0.307 e. The van der Waals surface area contributed by atoms with Crippen LogP contribution in [0.15, 0.2) is 29.6 Å². The Hall–Kier alpha value is -1.88. The Balaban J connectivity index is 1.40. The lowest BCUT2D eigenvalue weighted by Gasteiger charge is -2.32. The second-order valence-electron chi connectivity index (χ2n) is 6.77. The van der Waals surface area contributed by atoms with E-state index in [4.69, 9.17) is 5.11 Å². The third-order valence-electron chi connectivity index (χ3n) is 5.50. The quantitative estimate of drug-likeness (QED) is 0.941. The molecule has 1 aliphatic carbocycles. The summed E-state index contributed by atoms with van der Waals surface area (Å²) in [6.45, 7) is 1.40. The predicted octanol–water partition coefficient (Wildman–Crippen LogP) is 3.16. The number of hydrogen-bond donors (Lipinski definition) is 1. The number of carbonyl (C=O) groups is 2. The van der Waals surface area contributed by atoms with Crippen LogP contribution in [-0.4, -0.2) is 35.0 Å². The van der Waals surface area contributed by atoms with E-state index < -0.39 is 5.97 Å². The monoisotopic (exact) mass is 329 g/mol. The number of carboxylic acid groups (broad SMARTS) is 1. The molecule has 2 heterocycles. The molecule has 2 aliphatic rings. The zero-order chi connectivity index (χ0) is 16.0. The number of piperidine rings is 1. The molecular weight excluding hydrogens is 310 g/mol. The second kappa shape index (κ2) is 5.34. The highest BCUT2D eigenvalue weighted by molar-refractivity contribution is 7.17. The molecule has 1 aliphatic heterocycles. The second-order valence-corrected chi connectivity index (χ2v) is 7.68. The van der Waals surface area contributed by atoms with Gasteiger partial charge in [-0.2, -0.15) is 0 Å². The van der Waals surface area contributed by atoms with Crippen LogP contribution in [0.2, 0.25) is 0 Å². The minimum atomic E-state index is -0.672. The van der Waals surface area contributed by atoms with Crippen molar-refractivity contribution in [1.82, 2.24) is 4.90 Å². The third-order valence-corrected chi connectivity index (χ3v) is 6.51. The number of carboxylic acids is 1. The van der Waals surface area contributed by atoms with Gasteiger partial charge in [0.25, 0.3) is 0 Å². The van der Waals surface area contributed by atoms with Gasteiger partial charge in [0.05, 0.1) is 12.3 Å². The average Bonchev–Trinajstić information content (AvgIpc) is 3.11. The minimum absolute atomic E-state index is 0.0162. The Kier molecular flexibility index (Phi) is 3.41. The molecule has 1 atom stereocenters. The van der Waals surface area contributed by atoms with Gasteiger partial charge in [-0.05, 0) is 47.1 Å². The predicted molar refractivity (Wildman–Crippen MR) is 89.5 cm³/mol. The van der Waals surface area contributed by atoms with Crippen LogP contribution < -0.4 is 0 Å². The van der Waals surface area contributed by atoms with E-state index >= 15 is 0 Å². The van der Waals surface area contributed by atoms with Crippen molar-refractivity contribution in [3.05, 3.63) is 35.2 Å². The zero-order valence-corrected chi connectivity index (χ0v) is 13.6. The van der Waals surface area contributed by atoms with Gasteiger partial charge in [0, 0.05) is 17.8 Å². The highest BCUT2D eigenvalue weighted by Crippen LogP contribution is 2.59. The van der Waals surface area contributed by atoms with Gasteiger partial charge in [-0.25, -0.2) is 0 Å². The summed E-state index contributed by atoms with van der Waals surface area (Å²) in [7, 11) is 0. The summed E-state index contributed by atoms with van der Waals surface area (Å²) in [5.41, 5.74) is 1.09. The molecule has 2 fully saturated rings. The Bertz CT molecular complexity index is 773. The largest absolute Gasteiger partial charge is 0.481 e. The van der Waals surface area contributed by atoms with Crippen LogP contribution in [0, 0.1) is 11.3 Å². The van der Waals surface area contributed by atoms with E-state index in [0.717, 1.165) is 24.8 Å². The lowest BCUT2D eigenvalue weighted by molar-refractivity contribution is -0.139. The molecule has 1 spiro atoms. The van der Waals surface area contributed by atoms with Crippen LogP contribution in [0.3, 0.4) is 0 Å². The number of amides is 1. The fourth-order valence-electron chi connectivity index (χ4n) is 3.90. The van der Waals surface area contributed by atoms with Gasteiger partial charge in [0.15, 0.2) is 0 Å². The first-order valence-electron chi connectivity index (χ1n) is 8.05. The number of aliphatic carboxylic acids is 1. The lowest BCUT2D eigenvalue weighted by atomic mass is 9.90. The molecule has 1 saturated carbocycles. The maximum atomic E-state index is 12.6. The standard InChI is InChI=1S/C18H19NO3S/c20-16(9-12-11-23-15-4-2-1-3-13(12)15)19-7-5-18(6-8-19)10-14(18)17(21)22/h1-4,11,14H,5-10H2,(H,21,22). The molecule has 1 amide bonds. The fraction of sp³-hybridized carbons (Fsp3) is 0.444. The molecule has 0 bridgehead atoms. The van der Waals surface area contributed by atoms with Gasteiger partial charge in [-0.1, -0.05) is 18.2 Å². The van der Waals surface area contributed by atoms with E-state index in [9.17, 15) is 9.59 Å². The highest BCUT2D eigenvalue weighted by Gasteiger charge is 2.59. The van der Waals surface area contributed by atoms with E-state index in [1.807, 2.05) is 17.0 Å². The van der Waals surface area contributed by atoms with Gasteiger partial charge in [0.1, 0.15) is 0 Å². The summed E-state index contributed by atoms with van der Waals surface area (Å²) >= 11 is 1.68. The van der Waals surface area contributed by atoms with Crippen LogP contribution >= 0.6 is 11.3 Å². The number of nitrogens with zero attached hydrogens (tertiary/aromatic N) is 1. The van der Waals surface area contributed by atoms with Crippen LogP contribution in [0.25, 0.3) is 10.1 Å². The van der Waals surface area contributed by atoms with Gasteiger partial charge >= 0.3 is 5.97 Å². The fourth-order valence-corrected chi connectivity index (χ4v) is 4.86. The molecule has 4 nitrogen and oxygen atoms in total. The van der Waals surface area contributed by atoms with Gasteiger partial charge in [-0.15, -0.1) is 11.3 Å². The summed E-state index contributed by atoms with van der Waals surface area (Å²) < 4.78 is 1.22. The Morgan fingerprint density at radius 1 is 1.26 bits per heavy atom. The summed E-state index contributed by atoms with van der Waals surface area (Å²) in [6, 6.07) is 8.18. The molecule has 1 aromatic heterocycles. The molecule has 120 valence electrons. The third kappa shape index (κ3) is 2.53. The molecule has 1 aromatic carbocycles. The molecule has 23 heavy (non-hydrogen) atoms.